The Kier molecular flexibility index (Phi) is 4.11. The van der Waals surface area contributed by atoms with Gasteiger partial charge in [-0.3, -0.25) is 0 Å². The van der Waals surface area contributed by atoms with Crippen molar-refractivity contribution in [2.75, 3.05) is 11.9 Å². The first kappa shape index (κ1) is 13.9. The normalized spacial score (nSPS) is 18.9. The van der Waals surface area contributed by atoms with Gasteiger partial charge in [0.05, 0.1) is 17.7 Å². The van der Waals surface area contributed by atoms with Gasteiger partial charge in [-0.1, -0.05) is 6.07 Å². The smallest absolute Gasteiger partial charge is 0.238 e. The van der Waals surface area contributed by atoms with Crippen LogP contribution < -0.4 is 10.5 Å². The van der Waals surface area contributed by atoms with Crippen LogP contribution in [0, 0.1) is 6.92 Å². The Morgan fingerprint density at radius 3 is 2.89 bits per heavy atom. The standard InChI is InChI=1S/C13H18N2O3S/c1-10-12(6-4-7-13(10)19(14,16)17)15-9-11-5-2-3-8-18-11/h3-4,6-8,11,15H,2,5,9H2,1H3,(H2,14,16,17). The van der Waals surface area contributed by atoms with Crippen molar-refractivity contribution in [1.82, 2.24) is 0 Å². The number of hydrogen-bond donors (Lipinski definition) is 2. The van der Waals surface area contributed by atoms with Crippen LogP contribution in [0.2, 0.25) is 0 Å². The van der Waals surface area contributed by atoms with Crippen molar-refractivity contribution in [2.24, 2.45) is 5.14 Å². The molecular formula is C13H18N2O3S. The van der Waals surface area contributed by atoms with E-state index in [1.807, 2.05) is 12.1 Å². The largest absolute Gasteiger partial charge is 0.497 e. The van der Waals surface area contributed by atoms with Gasteiger partial charge in [0.15, 0.2) is 0 Å². The second-order valence-corrected chi connectivity index (χ2v) is 6.09. The van der Waals surface area contributed by atoms with Gasteiger partial charge < -0.3 is 10.1 Å². The lowest BCUT2D eigenvalue weighted by atomic mass is 10.1. The van der Waals surface area contributed by atoms with Gasteiger partial charge in [0.2, 0.25) is 10.0 Å². The highest BCUT2D eigenvalue weighted by atomic mass is 32.2. The van der Waals surface area contributed by atoms with E-state index in [0.717, 1.165) is 18.5 Å². The van der Waals surface area contributed by atoms with E-state index in [0.29, 0.717) is 12.1 Å². The van der Waals surface area contributed by atoms with Crippen LogP contribution in [0.15, 0.2) is 35.4 Å². The SMILES string of the molecule is Cc1c(NCC2CCC=CO2)cccc1S(N)(=O)=O. The van der Waals surface area contributed by atoms with E-state index in [1.165, 1.54) is 6.07 Å². The fraction of sp³-hybridized carbons (Fsp3) is 0.385. The maximum atomic E-state index is 11.4. The predicted octanol–water partition coefficient (Wildman–Crippen LogP) is 1.75. The molecule has 0 bridgehead atoms. The number of rotatable bonds is 4. The molecule has 1 atom stereocenters. The van der Waals surface area contributed by atoms with E-state index >= 15 is 0 Å². The summed E-state index contributed by atoms with van der Waals surface area (Å²) in [6.07, 6.45) is 5.77. The van der Waals surface area contributed by atoms with E-state index in [1.54, 1.807) is 19.3 Å². The van der Waals surface area contributed by atoms with E-state index < -0.39 is 10.0 Å². The monoisotopic (exact) mass is 282 g/mol. The first-order chi connectivity index (χ1) is 8.98. The molecule has 2 rings (SSSR count). The van der Waals surface area contributed by atoms with Gasteiger partial charge in [-0.25, -0.2) is 13.6 Å². The fourth-order valence-corrected chi connectivity index (χ4v) is 2.88. The van der Waals surface area contributed by atoms with Crippen LogP contribution in [-0.4, -0.2) is 21.1 Å². The van der Waals surface area contributed by atoms with Crippen LogP contribution in [-0.2, 0) is 14.8 Å². The van der Waals surface area contributed by atoms with E-state index in [-0.39, 0.29) is 11.0 Å². The maximum absolute atomic E-state index is 11.4. The summed E-state index contributed by atoms with van der Waals surface area (Å²) in [6.45, 7) is 2.38. The topological polar surface area (TPSA) is 81.4 Å². The first-order valence-electron chi connectivity index (χ1n) is 6.15. The van der Waals surface area contributed by atoms with Gasteiger partial charge in [0, 0.05) is 5.69 Å². The molecule has 1 aromatic carbocycles. The molecule has 0 aliphatic carbocycles. The minimum Gasteiger partial charge on any atom is -0.497 e. The first-order valence-corrected chi connectivity index (χ1v) is 7.70. The number of benzene rings is 1. The summed E-state index contributed by atoms with van der Waals surface area (Å²) in [5, 5.41) is 8.39. The average molecular weight is 282 g/mol. The Balaban J connectivity index is 2.11. The number of hydrogen-bond acceptors (Lipinski definition) is 4. The van der Waals surface area contributed by atoms with Crippen molar-refractivity contribution in [3.8, 4) is 0 Å². The molecule has 1 heterocycles. The summed E-state index contributed by atoms with van der Waals surface area (Å²) in [5.74, 6) is 0. The van der Waals surface area contributed by atoms with Crippen LogP contribution >= 0.6 is 0 Å². The summed E-state index contributed by atoms with van der Waals surface area (Å²) < 4.78 is 28.3. The van der Waals surface area contributed by atoms with Gasteiger partial charge in [0.25, 0.3) is 0 Å². The third-order valence-electron chi connectivity index (χ3n) is 3.13. The lowest BCUT2D eigenvalue weighted by Gasteiger charge is -2.21. The third kappa shape index (κ3) is 3.48. The molecule has 0 aromatic heterocycles. The summed E-state index contributed by atoms with van der Waals surface area (Å²) in [7, 11) is -3.68. The van der Waals surface area contributed by atoms with Crippen molar-refractivity contribution in [1.29, 1.82) is 0 Å². The average Bonchev–Trinajstić information content (AvgIpc) is 2.37. The molecule has 0 saturated heterocycles. The van der Waals surface area contributed by atoms with Crippen LogP contribution in [0.5, 0.6) is 0 Å². The van der Waals surface area contributed by atoms with E-state index in [2.05, 4.69) is 5.32 Å². The Labute approximate surface area is 113 Å². The van der Waals surface area contributed by atoms with E-state index in [4.69, 9.17) is 9.88 Å². The van der Waals surface area contributed by atoms with Crippen molar-refractivity contribution in [2.45, 2.75) is 30.8 Å². The minimum absolute atomic E-state index is 0.113. The summed E-state index contributed by atoms with van der Waals surface area (Å²) in [4.78, 5) is 0.155. The molecule has 1 aliphatic heterocycles. The number of sulfonamides is 1. The summed E-state index contributed by atoms with van der Waals surface area (Å²) in [5.41, 5.74) is 1.40. The molecule has 1 aliphatic rings. The Morgan fingerprint density at radius 1 is 1.47 bits per heavy atom. The molecule has 0 saturated carbocycles. The Hall–Kier alpha value is -1.53. The Bertz CT molecular complexity index is 582. The molecule has 0 radical (unpaired) electrons. The van der Waals surface area contributed by atoms with Gasteiger partial charge in [-0.2, -0.15) is 0 Å². The van der Waals surface area contributed by atoms with Crippen LogP contribution in [0.25, 0.3) is 0 Å². The minimum atomic E-state index is -3.68. The lowest BCUT2D eigenvalue weighted by molar-refractivity contribution is 0.135. The van der Waals surface area contributed by atoms with Crippen LogP contribution in [0.1, 0.15) is 18.4 Å². The maximum Gasteiger partial charge on any atom is 0.238 e. The molecule has 1 unspecified atom stereocenters. The molecule has 0 amide bonds. The van der Waals surface area contributed by atoms with Gasteiger partial charge in [0.1, 0.15) is 6.10 Å². The zero-order valence-corrected chi connectivity index (χ0v) is 11.6. The van der Waals surface area contributed by atoms with Crippen LogP contribution in [0.3, 0.4) is 0 Å². The molecule has 6 heteroatoms. The van der Waals surface area contributed by atoms with Crippen molar-refractivity contribution < 1.29 is 13.2 Å². The van der Waals surface area contributed by atoms with Crippen LogP contribution in [0.4, 0.5) is 5.69 Å². The van der Waals surface area contributed by atoms with Crippen molar-refractivity contribution in [3.05, 3.63) is 36.1 Å². The zero-order chi connectivity index (χ0) is 13.9. The second-order valence-electron chi connectivity index (χ2n) is 4.56. The number of nitrogens with two attached hydrogens (primary N) is 1. The fourth-order valence-electron chi connectivity index (χ4n) is 2.07. The number of ether oxygens (including phenoxy) is 1. The number of nitrogens with one attached hydrogen (secondary N) is 1. The number of allylic oxidation sites excluding steroid dienone is 1. The van der Waals surface area contributed by atoms with Gasteiger partial charge >= 0.3 is 0 Å². The highest BCUT2D eigenvalue weighted by Crippen LogP contribution is 2.22. The predicted molar refractivity (Wildman–Crippen MR) is 74.3 cm³/mol. The second kappa shape index (κ2) is 5.63. The molecule has 1 aromatic rings. The van der Waals surface area contributed by atoms with Gasteiger partial charge in [-0.05, 0) is 43.5 Å². The van der Waals surface area contributed by atoms with E-state index in [9.17, 15) is 8.42 Å². The molecule has 5 nitrogen and oxygen atoms in total. The highest BCUT2D eigenvalue weighted by molar-refractivity contribution is 7.89. The summed E-state index contributed by atoms with van der Waals surface area (Å²) >= 11 is 0. The number of primary sulfonamides is 1. The lowest BCUT2D eigenvalue weighted by Crippen LogP contribution is -2.23. The molecule has 0 fully saturated rings. The Morgan fingerprint density at radius 2 is 2.26 bits per heavy atom. The highest BCUT2D eigenvalue weighted by Gasteiger charge is 2.15. The molecule has 3 N–H and O–H groups in total. The molecule has 104 valence electrons. The molecule has 19 heavy (non-hydrogen) atoms. The third-order valence-corrected chi connectivity index (χ3v) is 4.19. The zero-order valence-electron chi connectivity index (χ0n) is 10.8. The number of anilines is 1. The van der Waals surface area contributed by atoms with Crippen molar-refractivity contribution >= 4 is 15.7 Å². The van der Waals surface area contributed by atoms with Gasteiger partial charge in [-0.15, -0.1) is 0 Å². The quantitative estimate of drug-likeness (QED) is 0.881. The molecular weight excluding hydrogens is 264 g/mol. The van der Waals surface area contributed by atoms with Crippen molar-refractivity contribution in [3.63, 3.8) is 0 Å². The summed E-state index contributed by atoms with van der Waals surface area (Å²) in [6, 6.07) is 5.02. The molecule has 0 spiro atoms.